The number of hydrogen-bond donors (Lipinski definition) is 4. The van der Waals surface area contributed by atoms with Gasteiger partial charge in [-0.1, -0.05) is 20.8 Å². The Labute approximate surface area is 150 Å². The molecule has 2 aromatic heterocycles. The zero-order valence-electron chi connectivity index (χ0n) is 14.4. The molecule has 0 radical (unpaired) electrons. The molecule has 0 aromatic carbocycles. The van der Waals surface area contributed by atoms with Crippen LogP contribution < -0.4 is 22.1 Å². The number of anilines is 3. The van der Waals surface area contributed by atoms with E-state index in [1.165, 1.54) is 17.7 Å². The van der Waals surface area contributed by atoms with Gasteiger partial charge in [-0.05, 0) is 36.0 Å². The summed E-state index contributed by atoms with van der Waals surface area (Å²) in [6, 6.07) is 3.02. The van der Waals surface area contributed by atoms with Crippen molar-refractivity contribution in [1.82, 2.24) is 9.36 Å². The second kappa shape index (κ2) is 7.93. The van der Waals surface area contributed by atoms with Crippen LogP contribution in [0.4, 0.5) is 16.4 Å². The summed E-state index contributed by atoms with van der Waals surface area (Å²) in [5, 5.41) is 6.93. The normalized spacial score (nSPS) is 12.0. The molecule has 1 atom stereocenters. The third-order valence-electron chi connectivity index (χ3n) is 3.60. The first-order valence-electron chi connectivity index (χ1n) is 7.90. The van der Waals surface area contributed by atoms with Gasteiger partial charge >= 0.3 is 0 Å². The van der Waals surface area contributed by atoms with Gasteiger partial charge in [0.2, 0.25) is 5.91 Å². The van der Waals surface area contributed by atoms with Crippen LogP contribution in [0, 0.1) is 5.92 Å². The lowest BCUT2D eigenvalue weighted by molar-refractivity contribution is -0.119. The van der Waals surface area contributed by atoms with Gasteiger partial charge in [-0.15, -0.1) is 0 Å². The van der Waals surface area contributed by atoms with E-state index >= 15 is 0 Å². The van der Waals surface area contributed by atoms with E-state index in [4.69, 9.17) is 11.5 Å². The highest BCUT2D eigenvalue weighted by Gasteiger charge is 2.20. The second-order valence-corrected chi connectivity index (χ2v) is 6.72. The molecule has 2 aromatic rings. The van der Waals surface area contributed by atoms with Gasteiger partial charge in [-0.2, -0.15) is 4.37 Å². The molecule has 0 bridgehead atoms. The van der Waals surface area contributed by atoms with E-state index in [-0.39, 0.29) is 11.6 Å². The number of nitrogens with one attached hydrogen (secondary N) is 2. The van der Waals surface area contributed by atoms with Gasteiger partial charge in [0.25, 0.3) is 5.91 Å². The zero-order valence-corrected chi connectivity index (χ0v) is 15.2. The lowest BCUT2D eigenvalue weighted by Crippen LogP contribution is -2.39. The molecular formula is C16H22N6O2S. The van der Waals surface area contributed by atoms with Crippen molar-refractivity contribution in [3.8, 4) is 0 Å². The monoisotopic (exact) mass is 362 g/mol. The van der Waals surface area contributed by atoms with Crippen molar-refractivity contribution in [2.75, 3.05) is 10.6 Å². The molecule has 9 heteroatoms. The summed E-state index contributed by atoms with van der Waals surface area (Å²) in [6.45, 7) is 5.78. The van der Waals surface area contributed by atoms with Crippen LogP contribution >= 0.6 is 11.5 Å². The Morgan fingerprint density at radius 1 is 1.28 bits per heavy atom. The van der Waals surface area contributed by atoms with Crippen LogP contribution in [0.2, 0.25) is 0 Å². The fraction of sp³-hybridized carbons (Fsp3) is 0.375. The van der Waals surface area contributed by atoms with Gasteiger partial charge in [0, 0.05) is 0 Å². The molecule has 0 aliphatic carbocycles. The molecule has 134 valence electrons. The standard InChI is InChI=1S/C16H22N6O2S/c1-4-9-6-12(25-22-9)21-11-5-10(7-19-14(11)16(18)24)20-13(8(2)3)15(17)23/h5-8,13,20-21H,4H2,1-3H3,(H2,17,23)(H2,18,24). The quantitative estimate of drug-likeness (QED) is 0.566. The Balaban J connectivity index is 2.32. The molecule has 0 saturated heterocycles. The highest BCUT2D eigenvalue weighted by atomic mass is 32.1. The van der Waals surface area contributed by atoms with Crippen LogP contribution in [-0.4, -0.2) is 27.2 Å². The van der Waals surface area contributed by atoms with Gasteiger partial charge in [0.1, 0.15) is 11.0 Å². The maximum atomic E-state index is 11.6. The number of carbonyl (C=O) groups is 2. The molecule has 8 nitrogen and oxygen atoms in total. The first kappa shape index (κ1) is 18.7. The first-order chi connectivity index (χ1) is 11.8. The molecule has 0 fully saturated rings. The van der Waals surface area contributed by atoms with Gasteiger partial charge in [-0.25, -0.2) is 4.98 Å². The fourth-order valence-electron chi connectivity index (χ4n) is 2.25. The molecule has 25 heavy (non-hydrogen) atoms. The van der Waals surface area contributed by atoms with Crippen molar-refractivity contribution in [3.63, 3.8) is 0 Å². The zero-order chi connectivity index (χ0) is 18.6. The van der Waals surface area contributed by atoms with E-state index in [9.17, 15) is 9.59 Å². The SMILES string of the molecule is CCc1cc(Nc2cc(NC(C(N)=O)C(C)C)cnc2C(N)=O)sn1. The minimum absolute atomic E-state index is 0.00154. The predicted octanol–water partition coefficient (Wildman–Crippen LogP) is 1.86. The summed E-state index contributed by atoms with van der Waals surface area (Å²) in [5.74, 6) is -1.11. The van der Waals surface area contributed by atoms with Crippen molar-refractivity contribution in [1.29, 1.82) is 0 Å². The number of aromatic nitrogens is 2. The van der Waals surface area contributed by atoms with Crippen LogP contribution in [0.15, 0.2) is 18.3 Å². The van der Waals surface area contributed by atoms with Crippen LogP contribution in [0.1, 0.15) is 37.0 Å². The number of aryl methyl sites for hydroxylation is 1. The second-order valence-electron chi connectivity index (χ2n) is 5.91. The van der Waals surface area contributed by atoms with E-state index in [0.717, 1.165) is 17.1 Å². The van der Waals surface area contributed by atoms with E-state index < -0.39 is 17.9 Å². The Morgan fingerprint density at radius 3 is 2.52 bits per heavy atom. The third kappa shape index (κ3) is 4.66. The Hall–Kier alpha value is -2.68. The van der Waals surface area contributed by atoms with Crippen molar-refractivity contribution >= 4 is 39.7 Å². The molecule has 0 spiro atoms. The minimum Gasteiger partial charge on any atom is -0.372 e. The van der Waals surface area contributed by atoms with Crippen LogP contribution in [-0.2, 0) is 11.2 Å². The summed E-state index contributed by atoms with van der Waals surface area (Å²) in [6.07, 6.45) is 2.27. The number of primary amides is 2. The average Bonchev–Trinajstić information content (AvgIpc) is 2.99. The van der Waals surface area contributed by atoms with Gasteiger partial charge in [0.05, 0.1) is 23.3 Å². The number of amides is 2. The average molecular weight is 362 g/mol. The molecule has 0 aliphatic heterocycles. The van der Waals surface area contributed by atoms with Crippen molar-refractivity contribution in [2.24, 2.45) is 17.4 Å². The third-order valence-corrected chi connectivity index (χ3v) is 4.34. The fourth-order valence-corrected chi connectivity index (χ4v) is 2.99. The summed E-state index contributed by atoms with van der Waals surface area (Å²) in [7, 11) is 0. The molecule has 0 aliphatic rings. The van der Waals surface area contributed by atoms with E-state index in [2.05, 4.69) is 20.0 Å². The predicted molar refractivity (Wildman–Crippen MR) is 99.0 cm³/mol. The molecule has 0 saturated carbocycles. The molecule has 1 unspecified atom stereocenters. The van der Waals surface area contributed by atoms with Crippen molar-refractivity contribution in [3.05, 3.63) is 29.7 Å². The van der Waals surface area contributed by atoms with Gasteiger partial charge < -0.3 is 22.1 Å². The van der Waals surface area contributed by atoms with Gasteiger partial charge in [0.15, 0.2) is 5.69 Å². The number of nitrogens with zero attached hydrogens (tertiary/aromatic N) is 2. The van der Waals surface area contributed by atoms with E-state index in [0.29, 0.717) is 11.4 Å². The topological polar surface area (TPSA) is 136 Å². The van der Waals surface area contributed by atoms with Crippen molar-refractivity contribution in [2.45, 2.75) is 33.2 Å². The Morgan fingerprint density at radius 2 is 2.00 bits per heavy atom. The summed E-state index contributed by atoms with van der Waals surface area (Å²) in [5.41, 5.74) is 12.9. The minimum atomic E-state index is -0.649. The Kier molecular flexibility index (Phi) is 5.92. The summed E-state index contributed by atoms with van der Waals surface area (Å²) >= 11 is 1.28. The van der Waals surface area contributed by atoms with E-state index in [1.807, 2.05) is 26.8 Å². The van der Waals surface area contributed by atoms with Crippen LogP contribution in [0.3, 0.4) is 0 Å². The highest BCUT2D eigenvalue weighted by molar-refractivity contribution is 7.10. The number of hydrogen-bond acceptors (Lipinski definition) is 7. The smallest absolute Gasteiger partial charge is 0.269 e. The Bertz CT molecular complexity index is 774. The maximum absolute atomic E-state index is 11.6. The highest BCUT2D eigenvalue weighted by Crippen LogP contribution is 2.26. The molecule has 2 amide bonds. The lowest BCUT2D eigenvalue weighted by atomic mass is 10.0. The molecule has 2 rings (SSSR count). The van der Waals surface area contributed by atoms with Crippen LogP contribution in [0.25, 0.3) is 0 Å². The largest absolute Gasteiger partial charge is 0.372 e. The lowest BCUT2D eigenvalue weighted by Gasteiger charge is -2.20. The van der Waals surface area contributed by atoms with E-state index in [1.54, 1.807) is 6.07 Å². The van der Waals surface area contributed by atoms with Crippen LogP contribution in [0.5, 0.6) is 0 Å². The summed E-state index contributed by atoms with van der Waals surface area (Å²) in [4.78, 5) is 27.3. The van der Waals surface area contributed by atoms with Gasteiger partial charge in [-0.3, -0.25) is 9.59 Å². The van der Waals surface area contributed by atoms with Crippen molar-refractivity contribution < 1.29 is 9.59 Å². The number of nitrogens with two attached hydrogens (primary N) is 2. The maximum Gasteiger partial charge on any atom is 0.269 e. The molecule has 2 heterocycles. The first-order valence-corrected chi connectivity index (χ1v) is 8.67. The summed E-state index contributed by atoms with van der Waals surface area (Å²) < 4.78 is 4.29. The number of pyridine rings is 1. The molecular weight excluding hydrogens is 340 g/mol. The molecule has 6 N–H and O–H groups in total. The number of rotatable bonds is 8. The number of carbonyl (C=O) groups excluding carboxylic acids is 2.